The third-order valence-electron chi connectivity index (χ3n) is 2.12. The highest BCUT2D eigenvalue weighted by molar-refractivity contribution is 8.01. The maximum Gasteiger partial charge on any atom is 0.316 e. The highest BCUT2D eigenvalue weighted by Crippen LogP contribution is 2.29. The Morgan fingerprint density at radius 1 is 1.44 bits per heavy atom. The number of sulfonamides is 1. The van der Waals surface area contributed by atoms with Gasteiger partial charge in [0.25, 0.3) is 0 Å². The first kappa shape index (κ1) is 15.0. The Balaban J connectivity index is 3.11. The molecule has 1 rings (SSSR count). The number of thioether (sulfide) groups is 1. The van der Waals surface area contributed by atoms with Crippen molar-refractivity contribution < 1.29 is 18.3 Å². The van der Waals surface area contributed by atoms with Crippen LogP contribution in [0.4, 0.5) is 0 Å². The summed E-state index contributed by atoms with van der Waals surface area (Å²) in [7, 11) is -3.58. The number of benzene rings is 1. The summed E-state index contributed by atoms with van der Waals surface area (Å²) < 4.78 is 26.3. The summed E-state index contributed by atoms with van der Waals surface area (Å²) >= 11 is 1.01. The van der Waals surface area contributed by atoms with E-state index in [1.807, 2.05) is 0 Å². The highest BCUT2D eigenvalue weighted by atomic mass is 32.2. The number of aliphatic carboxylic acids is 1. The van der Waals surface area contributed by atoms with Crippen molar-refractivity contribution in [3.63, 3.8) is 0 Å². The van der Waals surface area contributed by atoms with E-state index in [4.69, 9.17) is 5.11 Å². The smallest absolute Gasteiger partial charge is 0.316 e. The van der Waals surface area contributed by atoms with E-state index in [-0.39, 0.29) is 11.4 Å². The van der Waals surface area contributed by atoms with Gasteiger partial charge in [-0.1, -0.05) is 19.1 Å². The van der Waals surface area contributed by atoms with Gasteiger partial charge in [0.2, 0.25) is 10.0 Å². The minimum absolute atomic E-state index is 0.116. The summed E-state index contributed by atoms with van der Waals surface area (Å²) in [4.78, 5) is 11.4. The van der Waals surface area contributed by atoms with Crippen LogP contribution in [0.3, 0.4) is 0 Å². The molecule has 18 heavy (non-hydrogen) atoms. The van der Waals surface area contributed by atoms with Crippen LogP contribution in [-0.2, 0) is 14.8 Å². The number of hydrogen-bond acceptors (Lipinski definition) is 4. The molecule has 1 atom stereocenters. The lowest BCUT2D eigenvalue weighted by molar-refractivity contribution is -0.136. The molecule has 0 spiro atoms. The van der Waals surface area contributed by atoms with Gasteiger partial charge in [0.15, 0.2) is 0 Å². The first-order chi connectivity index (χ1) is 8.38. The second-order valence-electron chi connectivity index (χ2n) is 3.55. The molecule has 2 N–H and O–H groups in total. The van der Waals surface area contributed by atoms with Gasteiger partial charge in [-0.25, -0.2) is 13.1 Å². The van der Waals surface area contributed by atoms with Crippen molar-refractivity contribution in [2.75, 3.05) is 6.54 Å². The molecule has 0 radical (unpaired) electrons. The van der Waals surface area contributed by atoms with E-state index >= 15 is 0 Å². The minimum Gasteiger partial charge on any atom is -0.480 e. The molecule has 100 valence electrons. The van der Waals surface area contributed by atoms with E-state index < -0.39 is 21.2 Å². The number of carbonyl (C=O) groups is 1. The van der Waals surface area contributed by atoms with Crippen LogP contribution in [0.2, 0.25) is 0 Å². The van der Waals surface area contributed by atoms with Crippen LogP contribution in [0.1, 0.15) is 13.8 Å². The molecule has 0 aromatic heterocycles. The number of rotatable bonds is 6. The number of carboxylic acid groups (broad SMARTS) is 1. The van der Waals surface area contributed by atoms with Crippen LogP contribution in [0.25, 0.3) is 0 Å². The summed E-state index contributed by atoms with van der Waals surface area (Å²) in [5.74, 6) is -0.976. The zero-order valence-electron chi connectivity index (χ0n) is 10.1. The fourth-order valence-corrected chi connectivity index (χ4v) is 3.70. The molecule has 0 aliphatic carbocycles. The average Bonchev–Trinajstić information content (AvgIpc) is 2.29. The van der Waals surface area contributed by atoms with Gasteiger partial charge < -0.3 is 5.11 Å². The summed E-state index contributed by atoms with van der Waals surface area (Å²) in [6.07, 6.45) is 0. The van der Waals surface area contributed by atoms with Crippen molar-refractivity contribution in [3.8, 4) is 0 Å². The van der Waals surface area contributed by atoms with Crippen molar-refractivity contribution in [1.82, 2.24) is 4.72 Å². The summed E-state index contributed by atoms with van der Waals surface area (Å²) in [6.45, 7) is 3.49. The van der Waals surface area contributed by atoms with Gasteiger partial charge >= 0.3 is 5.97 Å². The lowest BCUT2D eigenvalue weighted by Gasteiger charge is -2.12. The Bertz CT molecular complexity index is 528. The van der Waals surface area contributed by atoms with Crippen molar-refractivity contribution in [2.24, 2.45) is 0 Å². The molecule has 0 heterocycles. The number of carboxylic acids is 1. The van der Waals surface area contributed by atoms with Crippen LogP contribution < -0.4 is 4.72 Å². The SMILES string of the molecule is CCNS(=O)(=O)c1ccccc1SC(C)C(=O)O. The third-order valence-corrected chi connectivity index (χ3v) is 5.02. The lowest BCUT2D eigenvalue weighted by atomic mass is 10.4. The fourth-order valence-electron chi connectivity index (χ4n) is 1.28. The van der Waals surface area contributed by atoms with Gasteiger partial charge in [-0.15, -0.1) is 11.8 Å². The normalized spacial score (nSPS) is 13.2. The molecule has 0 aliphatic rings. The molecule has 0 amide bonds. The Morgan fingerprint density at radius 3 is 2.61 bits per heavy atom. The Labute approximate surface area is 111 Å². The van der Waals surface area contributed by atoms with Gasteiger partial charge in [0.05, 0.1) is 4.90 Å². The van der Waals surface area contributed by atoms with Crippen LogP contribution >= 0.6 is 11.8 Å². The summed E-state index contributed by atoms with van der Waals surface area (Å²) in [5.41, 5.74) is 0. The lowest BCUT2D eigenvalue weighted by Crippen LogP contribution is -2.24. The van der Waals surface area contributed by atoms with Gasteiger partial charge in [-0.2, -0.15) is 0 Å². The Kier molecular flexibility index (Phi) is 5.18. The van der Waals surface area contributed by atoms with Crippen molar-refractivity contribution >= 4 is 27.8 Å². The molecule has 5 nitrogen and oxygen atoms in total. The molecule has 1 aromatic rings. The fraction of sp³-hybridized carbons (Fsp3) is 0.364. The maximum atomic E-state index is 11.9. The van der Waals surface area contributed by atoms with Gasteiger partial charge in [0, 0.05) is 11.4 Å². The second-order valence-corrected chi connectivity index (χ2v) is 6.66. The van der Waals surface area contributed by atoms with Crippen LogP contribution in [-0.4, -0.2) is 31.3 Å². The van der Waals surface area contributed by atoms with Crippen LogP contribution in [0.5, 0.6) is 0 Å². The monoisotopic (exact) mass is 289 g/mol. The maximum absolute atomic E-state index is 11.9. The van der Waals surface area contributed by atoms with E-state index in [0.29, 0.717) is 4.90 Å². The van der Waals surface area contributed by atoms with Gasteiger partial charge in [-0.3, -0.25) is 4.79 Å². The van der Waals surface area contributed by atoms with E-state index in [9.17, 15) is 13.2 Å². The van der Waals surface area contributed by atoms with E-state index in [2.05, 4.69) is 4.72 Å². The average molecular weight is 289 g/mol. The van der Waals surface area contributed by atoms with E-state index in [1.54, 1.807) is 25.1 Å². The molecule has 0 bridgehead atoms. The molecule has 0 saturated carbocycles. The van der Waals surface area contributed by atoms with Crippen molar-refractivity contribution in [1.29, 1.82) is 0 Å². The molecule has 1 aromatic carbocycles. The predicted octanol–water partition coefficient (Wildman–Crippen LogP) is 1.55. The van der Waals surface area contributed by atoms with Gasteiger partial charge in [-0.05, 0) is 19.1 Å². The zero-order chi connectivity index (χ0) is 13.8. The minimum atomic E-state index is -3.58. The second kappa shape index (κ2) is 6.21. The first-order valence-corrected chi connectivity index (χ1v) is 7.73. The Hall–Kier alpha value is -1.05. The predicted molar refractivity (Wildman–Crippen MR) is 70.3 cm³/mol. The molecular weight excluding hydrogens is 274 g/mol. The van der Waals surface area contributed by atoms with E-state index in [1.165, 1.54) is 13.0 Å². The van der Waals surface area contributed by atoms with E-state index in [0.717, 1.165) is 11.8 Å². The van der Waals surface area contributed by atoms with Gasteiger partial charge in [0.1, 0.15) is 5.25 Å². The number of hydrogen-bond donors (Lipinski definition) is 2. The van der Waals surface area contributed by atoms with Crippen LogP contribution in [0, 0.1) is 0 Å². The highest BCUT2D eigenvalue weighted by Gasteiger charge is 2.21. The topological polar surface area (TPSA) is 83.5 Å². The number of nitrogens with one attached hydrogen (secondary N) is 1. The molecule has 7 heteroatoms. The quantitative estimate of drug-likeness (QED) is 0.776. The largest absolute Gasteiger partial charge is 0.480 e. The molecule has 1 unspecified atom stereocenters. The molecule has 0 fully saturated rings. The summed E-state index contributed by atoms with van der Waals surface area (Å²) in [6, 6.07) is 6.37. The third kappa shape index (κ3) is 3.72. The van der Waals surface area contributed by atoms with Crippen molar-refractivity contribution in [3.05, 3.63) is 24.3 Å². The van der Waals surface area contributed by atoms with Crippen molar-refractivity contribution in [2.45, 2.75) is 28.9 Å². The Morgan fingerprint density at radius 2 is 2.06 bits per heavy atom. The summed E-state index contributed by atoms with van der Waals surface area (Å²) in [5, 5.41) is 8.15. The molecular formula is C11H15NO4S2. The zero-order valence-corrected chi connectivity index (χ0v) is 11.7. The van der Waals surface area contributed by atoms with Crippen LogP contribution in [0.15, 0.2) is 34.1 Å². The first-order valence-electron chi connectivity index (χ1n) is 5.36. The standard InChI is InChI=1S/C11H15NO4S2/c1-3-12-18(15,16)10-7-5-4-6-9(10)17-8(2)11(13)14/h4-8,12H,3H2,1-2H3,(H,13,14). The molecule has 0 saturated heterocycles. The molecule has 0 aliphatic heterocycles.